The average Bonchev–Trinajstić information content (AvgIpc) is 2.70. The molecule has 0 bridgehead atoms. The van der Waals surface area contributed by atoms with Crippen molar-refractivity contribution in [2.45, 2.75) is 32.7 Å². The van der Waals surface area contributed by atoms with Crippen LogP contribution in [0, 0.1) is 5.92 Å². The van der Waals surface area contributed by atoms with Crippen LogP contribution in [0.3, 0.4) is 0 Å². The van der Waals surface area contributed by atoms with Crippen LogP contribution in [0.2, 0.25) is 0 Å². The van der Waals surface area contributed by atoms with Gasteiger partial charge in [-0.2, -0.15) is 11.8 Å². The van der Waals surface area contributed by atoms with E-state index in [1.54, 1.807) is 0 Å². The Hall–Kier alpha value is 0.490. The van der Waals surface area contributed by atoms with Crippen molar-refractivity contribution in [3.05, 3.63) is 20.8 Å². The second-order valence-electron chi connectivity index (χ2n) is 4.40. The van der Waals surface area contributed by atoms with Gasteiger partial charge in [0, 0.05) is 10.9 Å². The Balaban J connectivity index is 2.55. The summed E-state index contributed by atoms with van der Waals surface area (Å²) in [5.41, 5.74) is 0. The Morgan fingerprint density at radius 3 is 2.76 bits per heavy atom. The maximum Gasteiger partial charge on any atom is 0.0701 e. The molecule has 4 heteroatoms. The summed E-state index contributed by atoms with van der Waals surface area (Å²) in [6.07, 6.45) is 4.55. The number of hydrogen-bond donors (Lipinski definition) is 1. The van der Waals surface area contributed by atoms with E-state index < -0.39 is 0 Å². The molecule has 1 heterocycles. The highest BCUT2D eigenvalue weighted by Gasteiger charge is 2.17. The summed E-state index contributed by atoms with van der Waals surface area (Å²) >= 11 is 7.33. The van der Waals surface area contributed by atoms with E-state index >= 15 is 0 Å². The summed E-state index contributed by atoms with van der Waals surface area (Å²) in [4.78, 5) is 1.47. The highest BCUT2D eigenvalue weighted by Crippen LogP contribution is 2.25. The van der Waals surface area contributed by atoms with Crippen molar-refractivity contribution < 1.29 is 0 Å². The van der Waals surface area contributed by atoms with Crippen molar-refractivity contribution in [2.24, 2.45) is 5.92 Å². The Morgan fingerprint density at radius 2 is 2.24 bits per heavy atom. The van der Waals surface area contributed by atoms with Gasteiger partial charge in [0.05, 0.1) is 3.79 Å². The third-order valence-electron chi connectivity index (χ3n) is 2.82. The Bertz CT molecular complexity index is 314. The second kappa shape index (κ2) is 8.57. The average molecular weight is 336 g/mol. The van der Waals surface area contributed by atoms with Crippen molar-refractivity contribution in [2.75, 3.05) is 18.6 Å². The van der Waals surface area contributed by atoms with Gasteiger partial charge in [0.1, 0.15) is 0 Å². The van der Waals surface area contributed by atoms with Crippen LogP contribution < -0.4 is 5.32 Å². The molecule has 0 radical (unpaired) electrons. The summed E-state index contributed by atoms with van der Waals surface area (Å²) in [6, 6.07) is 4.99. The zero-order chi connectivity index (χ0) is 12.7. The van der Waals surface area contributed by atoms with E-state index in [1.165, 1.54) is 20.8 Å². The van der Waals surface area contributed by atoms with E-state index in [1.807, 2.05) is 23.1 Å². The zero-order valence-electron chi connectivity index (χ0n) is 10.8. The van der Waals surface area contributed by atoms with Gasteiger partial charge >= 0.3 is 0 Å². The van der Waals surface area contributed by atoms with Crippen LogP contribution in [0.5, 0.6) is 0 Å². The fourth-order valence-electron chi connectivity index (χ4n) is 1.86. The molecule has 0 saturated carbocycles. The molecule has 0 saturated heterocycles. The Morgan fingerprint density at radius 1 is 1.47 bits per heavy atom. The minimum absolute atomic E-state index is 0.605. The highest BCUT2D eigenvalue weighted by atomic mass is 79.9. The number of nitrogens with one attached hydrogen (secondary N) is 1. The van der Waals surface area contributed by atoms with Crippen LogP contribution in [-0.2, 0) is 6.42 Å². The quantitative estimate of drug-likeness (QED) is 0.754. The molecule has 0 fully saturated rings. The molecule has 2 unspecified atom stereocenters. The first kappa shape index (κ1) is 15.5. The molecule has 0 aromatic carbocycles. The lowest BCUT2D eigenvalue weighted by Gasteiger charge is -2.24. The first-order valence-electron chi connectivity index (χ1n) is 6.13. The standard InChI is InChI=1S/C13H22BrNS2/c1-4-7-15-12(10(2)9-16-3)8-11-5-6-13(14)17-11/h5-6,10,12,15H,4,7-9H2,1-3H3. The van der Waals surface area contributed by atoms with Crippen LogP contribution in [-0.4, -0.2) is 24.6 Å². The molecule has 2 atom stereocenters. The van der Waals surface area contributed by atoms with Gasteiger partial charge in [0.15, 0.2) is 0 Å². The van der Waals surface area contributed by atoms with Crippen molar-refractivity contribution in [3.8, 4) is 0 Å². The summed E-state index contributed by atoms with van der Waals surface area (Å²) in [5.74, 6) is 1.95. The minimum atomic E-state index is 0.605. The van der Waals surface area contributed by atoms with Crippen molar-refractivity contribution >= 4 is 39.0 Å². The molecule has 1 rings (SSSR count). The molecule has 0 amide bonds. The molecule has 1 aromatic heterocycles. The van der Waals surface area contributed by atoms with Crippen LogP contribution >= 0.6 is 39.0 Å². The predicted octanol–water partition coefficient (Wildman–Crippen LogP) is 4.42. The number of rotatable bonds is 8. The molecule has 1 N–H and O–H groups in total. The van der Waals surface area contributed by atoms with Gasteiger partial charge in [-0.25, -0.2) is 0 Å². The second-order valence-corrected chi connectivity index (χ2v) is 7.86. The Kier molecular flexibility index (Phi) is 7.84. The first-order valence-corrected chi connectivity index (χ1v) is 9.14. The van der Waals surface area contributed by atoms with Crippen LogP contribution in [0.1, 0.15) is 25.1 Å². The SMILES string of the molecule is CCCNC(Cc1ccc(Br)s1)C(C)CSC. The zero-order valence-corrected chi connectivity index (χ0v) is 14.1. The third kappa shape index (κ3) is 5.77. The van der Waals surface area contributed by atoms with Crippen LogP contribution in [0.15, 0.2) is 15.9 Å². The highest BCUT2D eigenvalue weighted by molar-refractivity contribution is 9.11. The van der Waals surface area contributed by atoms with Crippen molar-refractivity contribution in [1.29, 1.82) is 0 Å². The lowest BCUT2D eigenvalue weighted by Crippen LogP contribution is -2.38. The smallest absolute Gasteiger partial charge is 0.0701 e. The molecule has 0 aliphatic heterocycles. The maximum atomic E-state index is 3.69. The largest absolute Gasteiger partial charge is 0.313 e. The topological polar surface area (TPSA) is 12.0 Å². The van der Waals surface area contributed by atoms with E-state index in [4.69, 9.17) is 0 Å². The number of hydrogen-bond acceptors (Lipinski definition) is 3. The van der Waals surface area contributed by atoms with Gasteiger partial charge in [-0.3, -0.25) is 0 Å². The number of halogens is 1. The van der Waals surface area contributed by atoms with E-state index in [0.717, 1.165) is 18.9 Å². The number of thiophene rings is 1. The third-order valence-corrected chi connectivity index (χ3v) is 5.33. The molecule has 1 nitrogen and oxygen atoms in total. The molecule has 98 valence electrons. The molecular formula is C13H22BrNS2. The van der Waals surface area contributed by atoms with Gasteiger partial charge < -0.3 is 5.32 Å². The Labute approximate surface area is 122 Å². The van der Waals surface area contributed by atoms with E-state index in [-0.39, 0.29) is 0 Å². The fraction of sp³-hybridized carbons (Fsp3) is 0.692. The van der Waals surface area contributed by atoms with E-state index in [9.17, 15) is 0 Å². The summed E-state index contributed by atoms with van der Waals surface area (Å²) in [5, 5.41) is 3.69. The lowest BCUT2D eigenvalue weighted by atomic mass is 10.00. The molecule has 0 spiro atoms. The minimum Gasteiger partial charge on any atom is -0.313 e. The van der Waals surface area contributed by atoms with Crippen molar-refractivity contribution in [3.63, 3.8) is 0 Å². The van der Waals surface area contributed by atoms with Gasteiger partial charge in [0.2, 0.25) is 0 Å². The van der Waals surface area contributed by atoms with Gasteiger partial charge in [0.25, 0.3) is 0 Å². The van der Waals surface area contributed by atoms with Gasteiger partial charge in [-0.1, -0.05) is 13.8 Å². The number of thioether (sulfide) groups is 1. The molecule has 1 aromatic rings. The summed E-state index contributed by atoms with van der Waals surface area (Å²) in [7, 11) is 0. The van der Waals surface area contributed by atoms with Crippen LogP contribution in [0.4, 0.5) is 0 Å². The van der Waals surface area contributed by atoms with Gasteiger partial charge in [-0.15, -0.1) is 11.3 Å². The lowest BCUT2D eigenvalue weighted by molar-refractivity contribution is 0.404. The molecule has 17 heavy (non-hydrogen) atoms. The normalized spacial score (nSPS) is 14.8. The van der Waals surface area contributed by atoms with Crippen LogP contribution in [0.25, 0.3) is 0 Å². The molecule has 0 aliphatic rings. The van der Waals surface area contributed by atoms with E-state index in [2.05, 4.69) is 53.5 Å². The summed E-state index contributed by atoms with van der Waals surface area (Å²) < 4.78 is 1.24. The molecule has 0 aliphatic carbocycles. The monoisotopic (exact) mass is 335 g/mol. The summed E-state index contributed by atoms with van der Waals surface area (Å²) in [6.45, 7) is 5.70. The first-order chi connectivity index (χ1) is 8.17. The van der Waals surface area contributed by atoms with E-state index in [0.29, 0.717) is 6.04 Å². The fourth-order valence-corrected chi connectivity index (χ4v) is 4.16. The van der Waals surface area contributed by atoms with Crippen molar-refractivity contribution in [1.82, 2.24) is 5.32 Å². The maximum absolute atomic E-state index is 3.69. The van der Waals surface area contributed by atoms with Gasteiger partial charge in [-0.05, 0) is 65.4 Å². The molecular weight excluding hydrogens is 314 g/mol. The predicted molar refractivity (Wildman–Crippen MR) is 85.4 cm³/mol.